The summed E-state index contributed by atoms with van der Waals surface area (Å²) in [7, 11) is 0. The number of aromatic nitrogens is 2. The highest BCUT2D eigenvalue weighted by atomic mass is 19.1. The molecule has 0 radical (unpaired) electrons. The molecule has 2 aromatic heterocycles. The second kappa shape index (κ2) is 10.8. The van der Waals surface area contributed by atoms with Crippen LogP contribution in [0.3, 0.4) is 0 Å². The van der Waals surface area contributed by atoms with Crippen LogP contribution >= 0.6 is 0 Å². The molecule has 0 bridgehead atoms. The van der Waals surface area contributed by atoms with E-state index in [0.717, 1.165) is 28.6 Å². The largest absolute Gasteiger partial charge is 0.361 e. The van der Waals surface area contributed by atoms with E-state index in [1.165, 1.54) is 12.1 Å². The first-order valence-corrected chi connectivity index (χ1v) is 13.7. The minimum Gasteiger partial charge on any atom is -0.361 e. The number of nitriles is 1. The fourth-order valence-electron chi connectivity index (χ4n) is 6.99. The quantitative estimate of drug-likeness (QED) is 0.257. The van der Waals surface area contributed by atoms with Gasteiger partial charge in [0.2, 0.25) is 5.91 Å². The van der Waals surface area contributed by atoms with Gasteiger partial charge in [0.05, 0.1) is 6.04 Å². The van der Waals surface area contributed by atoms with Gasteiger partial charge in [-0.15, -0.1) is 0 Å². The topological polar surface area (TPSA) is 137 Å². The fourth-order valence-corrected chi connectivity index (χ4v) is 6.99. The number of carbonyl (C=O) groups is 2. The molecule has 7 atom stereocenters. The lowest BCUT2D eigenvalue weighted by Crippen LogP contribution is -2.55. The van der Waals surface area contributed by atoms with E-state index in [4.69, 9.17) is 11.0 Å². The Bertz CT molecular complexity index is 1400. The molecule has 0 saturated heterocycles. The van der Waals surface area contributed by atoms with E-state index in [1.54, 1.807) is 19.3 Å². The average Bonchev–Trinajstić information content (AvgIpc) is 3.49. The van der Waals surface area contributed by atoms with Gasteiger partial charge in [-0.2, -0.15) is 5.26 Å². The van der Waals surface area contributed by atoms with E-state index in [0.29, 0.717) is 25.7 Å². The predicted octanol–water partition coefficient (Wildman–Crippen LogP) is 4.01. The fraction of sp³-hybridized carbons (Fsp3) is 0.467. The van der Waals surface area contributed by atoms with E-state index in [9.17, 15) is 14.0 Å². The number of H-pyrrole nitrogens is 1. The lowest BCUT2D eigenvalue weighted by atomic mass is 9.64. The molecule has 2 heterocycles. The van der Waals surface area contributed by atoms with Crippen LogP contribution in [0.25, 0.3) is 10.9 Å². The number of halogens is 1. The van der Waals surface area contributed by atoms with Crippen molar-refractivity contribution in [2.24, 2.45) is 17.6 Å². The highest BCUT2D eigenvalue weighted by molar-refractivity contribution is 5.92. The SMILES string of the molecule is CCC(NC(=O)C(C)NC#N)C(=O)C1CCC2(N)C(c3ccccn3)CC(c3c[nH]c4cc(F)ccc34)C2C1. The Morgan fingerprint density at radius 3 is 2.85 bits per heavy atom. The first-order chi connectivity index (χ1) is 18.8. The van der Waals surface area contributed by atoms with Crippen molar-refractivity contribution in [2.75, 3.05) is 0 Å². The Kier molecular flexibility index (Phi) is 7.41. The molecule has 0 spiro atoms. The zero-order chi connectivity index (χ0) is 27.7. The van der Waals surface area contributed by atoms with Crippen molar-refractivity contribution in [3.05, 3.63) is 65.9 Å². The van der Waals surface area contributed by atoms with Gasteiger partial charge in [0.25, 0.3) is 0 Å². The number of pyridine rings is 1. The summed E-state index contributed by atoms with van der Waals surface area (Å²) in [5, 5.41) is 15.1. The molecule has 2 aliphatic carbocycles. The number of nitrogens with two attached hydrogens (primary N) is 1. The first-order valence-electron chi connectivity index (χ1n) is 13.7. The van der Waals surface area contributed by atoms with Gasteiger partial charge in [-0.05, 0) is 86.8 Å². The number of nitrogens with zero attached hydrogens (tertiary/aromatic N) is 2. The maximum atomic E-state index is 13.9. The molecule has 3 aromatic rings. The van der Waals surface area contributed by atoms with Crippen molar-refractivity contribution >= 4 is 22.6 Å². The maximum absolute atomic E-state index is 13.9. The highest BCUT2D eigenvalue weighted by Crippen LogP contribution is 2.59. The second-order valence-electron chi connectivity index (χ2n) is 11.1. The van der Waals surface area contributed by atoms with E-state index in [-0.39, 0.29) is 41.2 Å². The summed E-state index contributed by atoms with van der Waals surface area (Å²) < 4.78 is 13.9. The van der Waals surface area contributed by atoms with Crippen molar-refractivity contribution in [1.29, 1.82) is 5.26 Å². The van der Waals surface area contributed by atoms with Crippen LogP contribution in [0.5, 0.6) is 0 Å². The lowest BCUT2D eigenvalue weighted by molar-refractivity contribution is -0.132. The monoisotopic (exact) mass is 530 g/mol. The Hall–Kier alpha value is -3.77. The number of rotatable bonds is 8. The van der Waals surface area contributed by atoms with Crippen LogP contribution in [0.1, 0.15) is 69.0 Å². The van der Waals surface area contributed by atoms with E-state index < -0.39 is 17.6 Å². The Balaban J connectivity index is 1.45. The molecule has 1 amide bonds. The van der Waals surface area contributed by atoms with Gasteiger partial charge >= 0.3 is 0 Å². The first kappa shape index (κ1) is 26.8. The number of fused-ring (bicyclic) bond motifs is 2. The molecular formula is C30H35FN6O2. The molecule has 39 heavy (non-hydrogen) atoms. The minimum atomic E-state index is -0.718. The van der Waals surface area contributed by atoms with Gasteiger partial charge < -0.3 is 21.4 Å². The second-order valence-corrected chi connectivity index (χ2v) is 11.1. The molecular weight excluding hydrogens is 495 g/mol. The number of amides is 1. The molecule has 5 N–H and O–H groups in total. The molecule has 7 unspecified atom stereocenters. The van der Waals surface area contributed by atoms with Crippen LogP contribution in [0, 0.1) is 29.1 Å². The smallest absolute Gasteiger partial charge is 0.243 e. The van der Waals surface area contributed by atoms with E-state index in [2.05, 4.69) is 20.6 Å². The third-order valence-electron chi connectivity index (χ3n) is 9.04. The number of carbonyl (C=O) groups excluding carboxylic acids is 2. The van der Waals surface area contributed by atoms with Gasteiger partial charge in [0.1, 0.15) is 11.9 Å². The summed E-state index contributed by atoms with van der Waals surface area (Å²) in [6, 6.07) is 9.35. The zero-order valence-corrected chi connectivity index (χ0v) is 22.3. The maximum Gasteiger partial charge on any atom is 0.243 e. The van der Waals surface area contributed by atoms with Gasteiger partial charge in [-0.1, -0.05) is 13.0 Å². The zero-order valence-electron chi connectivity index (χ0n) is 22.3. The lowest BCUT2D eigenvalue weighted by Gasteiger charge is -2.44. The Morgan fingerprint density at radius 1 is 1.31 bits per heavy atom. The molecule has 2 aliphatic rings. The average molecular weight is 531 g/mol. The predicted molar refractivity (Wildman–Crippen MR) is 146 cm³/mol. The van der Waals surface area contributed by atoms with Gasteiger partial charge in [-0.25, -0.2) is 4.39 Å². The van der Waals surface area contributed by atoms with Crippen molar-refractivity contribution in [3.63, 3.8) is 0 Å². The van der Waals surface area contributed by atoms with Crippen LogP contribution < -0.4 is 16.4 Å². The van der Waals surface area contributed by atoms with Crippen LogP contribution in [-0.2, 0) is 9.59 Å². The molecule has 2 saturated carbocycles. The van der Waals surface area contributed by atoms with E-state index >= 15 is 0 Å². The van der Waals surface area contributed by atoms with Crippen molar-refractivity contribution in [2.45, 2.75) is 75.4 Å². The molecule has 2 fully saturated rings. The van der Waals surface area contributed by atoms with Gasteiger partial charge in [0, 0.05) is 46.4 Å². The number of benzene rings is 1. The third kappa shape index (κ3) is 4.89. The van der Waals surface area contributed by atoms with Crippen LogP contribution in [0.4, 0.5) is 4.39 Å². The number of hydrogen-bond acceptors (Lipinski definition) is 6. The van der Waals surface area contributed by atoms with Crippen LogP contribution in [0.15, 0.2) is 48.8 Å². The summed E-state index contributed by atoms with van der Waals surface area (Å²) in [4.78, 5) is 34.2. The summed E-state index contributed by atoms with van der Waals surface area (Å²) in [5.74, 6) is -0.815. The Labute approximate surface area is 227 Å². The normalized spacial score (nSPS) is 27.8. The standard InChI is InChI=1S/C30H35FN6O2/c1-3-25(37-29(39)17(2)36-16-32)28(38)18-9-10-30(33)23(12-18)21(14-24(30)26-6-4-5-11-34-26)22-15-35-27-13-19(31)7-8-20(22)27/h4-8,11,13,15,17-18,21,23-25,35-36H,3,9-10,12,14,33H2,1-2H3,(H,37,39). The highest BCUT2D eigenvalue weighted by Gasteiger charge is 2.57. The van der Waals surface area contributed by atoms with Crippen molar-refractivity contribution < 1.29 is 14.0 Å². The Morgan fingerprint density at radius 2 is 2.13 bits per heavy atom. The summed E-state index contributed by atoms with van der Waals surface area (Å²) in [6.07, 6.45) is 8.69. The molecule has 1 aromatic carbocycles. The number of Topliss-reactive ketones (excluding diaryl/α,β-unsaturated/α-hetero) is 1. The molecule has 8 nitrogen and oxygen atoms in total. The van der Waals surface area contributed by atoms with Crippen LogP contribution in [-0.4, -0.2) is 39.3 Å². The molecule has 9 heteroatoms. The van der Waals surface area contributed by atoms with Gasteiger partial charge in [0.15, 0.2) is 12.0 Å². The molecule has 5 rings (SSSR count). The number of hydrogen-bond donors (Lipinski definition) is 4. The number of nitrogens with one attached hydrogen (secondary N) is 3. The summed E-state index contributed by atoms with van der Waals surface area (Å²) >= 11 is 0. The molecule has 0 aliphatic heterocycles. The number of ketones is 1. The van der Waals surface area contributed by atoms with Crippen molar-refractivity contribution in [3.8, 4) is 6.19 Å². The van der Waals surface area contributed by atoms with Crippen molar-refractivity contribution in [1.82, 2.24) is 20.6 Å². The minimum absolute atomic E-state index is 0.00338. The summed E-state index contributed by atoms with van der Waals surface area (Å²) in [5.41, 5.74) is 9.55. The van der Waals surface area contributed by atoms with E-state index in [1.807, 2.05) is 37.4 Å². The number of aromatic amines is 1. The molecule has 204 valence electrons. The van der Waals surface area contributed by atoms with Gasteiger partial charge in [-0.3, -0.25) is 14.6 Å². The third-order valence-corrected chi connectivity index (χ3v) is 9.04. The summed E-state index contributed by atoms with van der Waals surface area (Å²) in [6.45, 7) is 3.47. The van der Waals surface area contributed by atoms with Crippen LogP contribution in [0.2, 0.25) is 0 Å².